The second-order valence-electron chi connectivity index (χ2n) is 39.3. The van der Waals surface area contributed by atoms with Crippen molar-refractivity contribution in [3.05, 3.63) is 41.5 Å². The van der Waals surface area contributed by atoms with Gasteiger partial charge >= 0.3 is 11.9 Å². The molecule has 0 radical (unpaired) electrons. The van der Waals surface area contributed by atoms with Gasteiger partial charge in [0.25, 0.3) is 0 Å². The summed E-state index contributed by atoms with van der Waals surface area (Å²) in [5, 5.41) is 244. The van der Waals surface area contributed by atoms with Crippen LogP contribution in [0.2, 0.25) is 0 Å². The monoisotopic (exact) mass is 1840 g/mol. The number of phenolic OH excluding ortho intramolecular Hbond substituents is 1. The van der Waals surface area contributed by atoms with Crippen LogP contribution in [0.4, 0.5) is 0 Å². The average molecular weight is 1840 g/mol. The minimum atomic E-state index is -2.09. The molecule has 42 heteroatoms. The SMILES string of the molecule is COc1ccc(C=CC(=O)OCC2OC(OC3C(CO)OC(OC4COC(OC5C(O)C(C)OC(OC6C(OC7CCC8(C)C(CCC9(C)C8CC=C8C%10CC(C)(C)CCC%10(C(=O)OC%10OC(COC%11OC(CO)C(OC%12OC(C)C(O)C(O)C%12O)C(O)C%11O)C(O)C(O)C%10O)CCC89C)C7(C)C)OCC(O)C6O)C5O)C(O)C4O)C(O)C3O)C(O)C(O)C2O)cc1O. The number of aliphatic hydroxyl groups is 21. The topological polar surface area (TPSA) is 645 Å². The van der Waals surface area contributed by atoms with E-state index in [2.05, 4.69) is 54.5 Å². The van der Waals surface area contributed by atoms with Gasteiger partial charge in [-0.3, -0.25) is 4.79 Å². The van der Waals surface area contributed by atoms with Crippen molar-refractivity contribution in [1.82, 2.24) is 0 Å². The molecule has 1 aromatic carbocycles. The molecule has 46 unspecified atom stereocenters. The van der Waals surface area contributed by atoms with Crippen molar-refractivity contribution >= 4 is 18.0 Å². The number of phenols is 1. The summed E-state index contributed by atoms with van der Waals surface area (Å²) in [5.41, 5.74) is -1.49. The smallest absolute Gasteiger partial charge is 0.330 e. The molecule has 22 N–H and O–H groups in total. The summed E-state index contributed by atoms with van der Waals surface area (Å²) < 4.78 is 106. The molecule has 128 heavy (non-hydrogen) atoms. The Morgan fingerprint density at radius 3 is 1.65 bits per heavy atom. The van der Waals surface area contributed by atoms with E-state index >= 15 is 4.79 Å². The quantitative estimate of drug-likeness (QED) is 0.0199. The van der Waals surface area contributed by atoms with Crippen LogP contribution in [0.5, 0.6) is 11.5 Å². The Morgan fingerprint density at radius 2 is 1.01 bits per heavy atom. The Bertz CT molecular complexity index is 3970. The molecule has 0 aromatic heterocycles. The van der Waals surface area contributed by atoms with Crippen LogP contribution in [0.1, 0.15) is 132 Å². The molecule has 0 spiro atoms. The van der Waals surface area contributed by atoms with E-state index in [9.17, 15) is 117 Å². The standard InChI is InChI=1S/C86H132O42/c1-33-50(92)56(98)62(104)74(116-33)124-68-41(27-87)118-72(65(107)59(68)101)114-31-44-54(96)58(100)64(106)77(122-44)128-80(110)86-23-21-81(3,4)26-37(86)36-13-15-47-83(7)19-18-48(82(5,6)46(83)17-20-85(47,9)84(36,8)22-24-86)123-79-71(52(94)39(90)29-113-79)127-78-67(109)70(51(93)34(2)117-78)126-73-61(103)55(97)45(32-115-73)120-75-66(108)60(102)69(42(28-88)119-75)125-76-63(105)57(99)53(95)43(121-76)30-112-49(91)16-12-35-11-14-40(111-10)38(89)25-35/h11-14,16,25,33-34,37,39,41-48,50-79,87-90,92-109H,15,17-24,26-32H2,1-10H3. The van der Waals surface area contributed by atoms with Gasteiger partial charge in [-0.1, -0.05) is 66.2 Å². The van der Waals surface area contributed by atoms with Gasteiger partial charge < -0.3 is 198 Å². The van der Waals surface area contributed by atoms with Crippen LogP contribution >= 0.6 is 0 Å². The summed E-state index contributed by atoms with van der Waals surface area (Å²) in [6, 6.07) is 4.32. The predicted octanol–water partition coefficient (Wildman–Crippen LogP) is -5.43. The van der Waals surface area contributed by atoms with Crippen LogP contribution in [0.15, 0.2) is 35.9 Å². The number of rotatable bonds is 24. The van der Waals surface area contributed by atoms with E-state index in [1.54, 1.807) is 6.07 Å². The highest BCUT2D eigenvalue weighted by Crippen LogP contribution is 2.76. The third-order valence-electron chi connectivity index (χ3n) is 30.8. The van der Waals surface area contributed by atoms with Crippen molar-refractivity contribution in [2.75, 3.05) is 46.8 Å². The zero-order chi connectivity index (χ0) is 93.0. The molecular weight excluding hydrogens is 1700 g/mol. The lowest BCUT2D eigenvalue weighted by Gasteiger charge is -2.71. The third kappa shape index (κ3) is 18.6. The van der Waals surface area contributed by atoms with Gasteiger partial charge in [0.05, 0.1) is 63.9 Å². The summed E-state index contributed by atoms with van der Waals surface area (Å²) in [7, 11) is 1.36. The maximum atomic E-state index is 15.4. The number of fused-ring (bicyclic) bond motifs is 7. The third-order valence-corrected chi connectivity index (χ3v) is 30.8. The van der Waals surface area contributed by atoms with E-state index in [0.717, 1.165) is 24.5 Å². The first-order valence-electron chi connectivity index (χ1n) is 44.3. The summed E-state index contributed by atoms with van der Waals surface area (Å²) in [6.45, 7) is 14.3. The van der Waals surface area contributed by atoms with Crippen molar-refractivity contribution in [2.45, 2.75) is 366 Å². The number of benzene rings is 1. The second-order valence-corrected chi connectivity index (χ2v) is 39.3. The Balaban J connectivity index is 0.585. The molecule has 14 rings (SSSR count). The minimum Gasteiger partial charge on any atom is -0.504 e. The van der Waals surface area contributed by atoms with Crippen LogP contribution in [0, 0.1) is 50.2 Å². The number of hydrogen-bond donors (Lipinski definition) is 22. The van der Waals surface area contributed by atoms with E-state index in [0.29, 0.717) is 56.9 Å². The molecule has 1 aromatic rings. The molecule has 13 aliphatic rings. The maximum absolute atomic E-state index is 15.4. The lowest BCUT2D eigenvalue weighted by atomic mass is 9.33. The summed E-state index contributed by atoms with van der Waals surface area (Å²) >= 11 is 0. The Morgan fingerprint density at radius 1 is 0.477 bits per heavy atom. The van der Waals surface area contributed by atoms with Gasteiger partial charge in [0.2, 0.25) is 6.29 Å². The fourth-order valence-electron chi connectivity index (χ4n) is 22.8. The van der Waals surface area contributed by atoms with Gasteiger partial charge in [0.15, 0.2) is 55.5 Å². The highest BCUT2D eigenvalue weighted by atomic mass is 16.8. The van der Waals surface area contributed by atoms with Gasteiger partial charge in [0, 0.05) is 6.08 Å². The van der Waals surface area contributed by atoms with Crippen LogP contribution in [0.25, 0.3) is 6.08 Å². The number of carbonyl (C=O) groups is 2. The van der Waals surface area contributed by atoms with Crippen molar-refractivity contribution < 1.29 is 207 Å². The molecular formula is C86H132O42. The zero-order valence-electron chi connectivity index (χ0n) is 73.0. The highest BCUT2D eigenvalue weighted by Gasteiger charge is 2.71. The number of carbonyl (C=O) groups excluding carboxylic acids is 2. The van der Waals surface area contributed by atoms with Crippen LogP contribution in [-0.4, -0.2) is 411 Å². The predicted molar refractivity (Wildman–Crippen MR) is 426 cm³/mol. The molecule has 5 aliphatic carbocycles. The second kappa shape index (κ2) is 39.1. The van der Waals surface area contributed by atoms with Crippen molar-refractivity contribution in [3.63, 3.8) is 0 Å². The molecule has 0 bridgehead atoms. The molecule has 8 aliphatic heterocycles. The largest absolute Gasteiger partial charge is 0.504 e. The molecule has 42 nitrogen and oxygen atoms in total. The van der Waals surface area contributed by atoms with E-state index in [1.165, 1.54) is 39.2 Å². The van der Waals surface area contributed by atoms with Gasteiger partial charge in [-0.2, -0.15) is 0 Å². The van der Waals surface area contributed by atoms with Gasteiger partial charge in [-0.25, -0.2) is 4.79 Å². The first-order chi connectivity index (χ1) is 60.3. The first-order valence-corrected chi connectivity index (χ1v) is 44.3. The van der Waals surface area contributed by atoms with E-state index in [1.807, 2.05) is 0 Å². The van der Waals surface area contributed by atoms with E-state index < -0.39 is 301 Å². The van der Waals surface area contributed by atoms with Crippen LogP contribution < -0.4 is 4.74 Å². The Hall–Kier alpha value is -4.20. The fraction of sp³-hybridized carbons (Fsp3) is 0.860. The molecule has 4 saturated carbocycles. The molecule has 12 fully saturated rings. The maximum Gasteiger partial charge on any atom is 0.330 e. The van der Waals surface area contributed by atoms with E-state index in [4.69, 9.17) is 85.3 Å². The summed E-state index contributed by atoms with van der Waals surface area (Å²) in [4.78, 5) is 28.1. The van der Waals surface area contributed by atoms with E-state index in [-0.39, 0.29) is 52.1 Å². The van der Waals surface area contributed by atoms with Gasteiger partial charge in [-0.05, 0) is 147 Å². The zero-order valence-corrected chi connectivity index (χ0v) is 73.0. The first kappa shape index (κ1) is 99.8. The number of methoxy groups -OCH3 is 1. The summed E-state index contributed by atoms with van der Waals surface area (Å²) in [6.07, 6.45) is -56.0. The van der Waals surface area contributed by atoms with Crippen molar-refractivity contribution in [3.8, 4) is 11.5 Å². The highest BCUT2D eigenvalue weighted by molar-refractivity contribution is 5.87. The number of allylic oxidation sites excluding steroid dienone is 2. The average Bonchev–Trinajstić information content (AvgIpc) is 0.673. The van der Waals surface area contributed by atoms with Crippen LogP contribution in [0.3, 0.4) is 0 Å². The molecule has 728 valence electrons. The number of esters is 2. The molecule has 0 amide bonds. The van der Waals surface area contributed by atoms with Crippen molar-refractivity contribution in [1.29, 1.82) is 0 Å². The fourth-order valence-corrected chi connectivity index (χ4v) is 22.8. The van der Waals surface area contributed by atoms with Gasteiger partial charge in [0.1, 0.15) is 178 Å². The van der Waals surface area contributed by atoms with Crippen LogP contribution in [-0.2, 0) is 90.1 Å². The number of aliphatic hydroxyl groups excluding tert-OH is 21. The minimum absolute atomic E-state index is 0.0268. The molecule has 8 heterocycles. The normalized spacial score (nSPS) is 50.2. The lowest BCUT2D eigenvalue weighted by Crippen LogP contribution is -2.66. The number of ether oxygens (including phenoxy) is 18. The number of hydrogen-bond acceptors (Lipinski definition) is 42. The Labute approximate surface area is 738 Å². The number of aromatic hydroxyl groups is 1. The molecule has 8 saturated heterocycles. The Kier molecular flexibility index (Phi) is 30.5. The lowest BCUT2D eigenvalue weighted by molar-refractivity contribution is -0.386. The summed E-state index contributed by atoms with van der Waals surface area (Å²) in [5.74, 6) is -1.81. The van der Waals surface area contributed by atoms with Crippen molar-refractivity contribution in [2.24, 2.45) is 50.2 Å². The van der Waals surface area contributed by atoms with Gasteiger partial charge in [-0.15, -0.1) is 0 Å². The molecule has 46 atom stereocenters.